The van der Waals surface area contributed by atoms with Crippen LogP contribution in [0.15, 0.2) is 18.2 Å². The van der Waals surface area contributed by atoms with Crippen LogP contribution in [0.2, 0.25) is 0 Å². The number of hydrogen-bond donors (Lipinski definition) is 2. The quantitative estimate of drug-likeness (QED) is 0.815. The van der Waals surface area contributed by atoms with Gasteiger partial charge < -0.3 is 20.0 Å². The summed E-state index contributed by atoms with van der Waals surface area (Å²) in [6.45, 7) is 3.36. The van der Waals surface area contributed by atoms with Gasteiger partial charge in [-0.3, -0.25) is 4.79 Å². The van der Waals surface area contributed by atoms with Crippen LogP contribution in [0.1, 0.15) is 18.4 Å². The van der Waals surface area contributed by atoms with E-state index in [0.717, 1.165) is 38.5 Å². The van der Waals surface area contributed by atoms with E-state index >= 15 is 0 Å². The average molecular weight is 368 g/mol. The highest BCUT2D eigenvalue weighted by Gasteiger charge is 2.36. The van der Waals surface area contributed by atoms with E-state index in [-0.39, 0.29) is 42.4 Å². The molecule has 0 aromatic heterocycles. The number of carbonyl (C=O) groups is 1. The largest absolute Gasteiger partial charge is 0.396 e. The number of aliphatic hydroxyl groups excluding tert-OH is 2. The molecule has 2 atom stereocenters. The maximum absolute atomic E-state index is 13.8. The molecule has 0 bridgehead atoms. The summed E-state index contributed by atoms with van der Waals surface area (Å²) in [5.41, 5.74) is 0.0593. The molecule has 2 aliphatic rings. The third-order valence-corrected chi connectivity index (χ3v) is 5.59. The van der Waals surface area contributed by atoms with Gasteiger partial charge in [0.1, 0.15) is 0 Å². The molecule has 0 saturated carbocycles. The SMILES string of the molecule is O=C(Cc1cccc(F)c1F)N1C[C@@H](CN2CCC(O)CC2)[C@@H](CO)C1. The number of hydrogen-bond acceptors (Lipinski definition) is 4. The number of halogens is 2. The highest BCUT2D eigenvalue weighted by molar-refractivity contribution is 5.79. The van der Waals surface area contributed by atoms with E-state index in [1.807, 2.05) is 0 Å². The second-order valence-corrected chi connectivity index (χ2v) is 7.42. The van der Waals surface area contributed by atoms with Gasteiger partial charge in [-0.15, -0.1) is 0 Å². The summed E-state index contributed by atoms with van der Waals surface area (Å²) in [6, 6.07) is 3.86. The smallest absolute Gasteiger partial charge is 0.227 e. The van der Waals surface area contributed by atoms with Crippen molar-refractivity contribution >= 4 is 5.91 Å². The fourth-order valence-corrected chi connectivity index (χ4v) is 3.95. The molecule has 0 unspecified atom stereocenters. The molecule has 0 spiro atoms. The minimum absolute atomic E-state index is 0.000756. The molecule has 3 rings (SSSR count). The molecule has 2 saturated heterocycles. The number of nitrogens with zero attached hydrogens (tertiary/aromatic N) is 2. The summed E-state index contributed by atoms with van der Waals surface area (Å²) in [5, 5.41) is 19.3. The van der Waals surface area contributed by atoms with Crippen LogP contribution in [-0.2, 0) is 11.2 Å². The summed E-state index contributed by atoms with van der Waals surface area (Å²) < 4.78 is 27.1. The molecule has 7 heteroatoms. The van der Waals surface area contributed by atoms with Crippen molar-refractivity contribution in [2.75, 3.05) is 39.3 Å². The lowest BCUT2D eigenvalue weighted by Crippen LogP contribution is -2.41. The van der Waals surface area contributed by atoms with E-state index in [4.69, 9.17) is 0 Å². The van der Waals surface area contributed by atoms with Crippen LogP contribution < -0.4 is 0 Å². The van der Waals surface area contributed by atoms with Crippen LogP contribution in [0.4, 0.5) is 8.78 Å². The second-order valence-electron chi connectivity index (χ2n) is 7.42. The molecule has 0 aliphatic carbocycles. The summed E-state index contributed by atoms with van der Waals surface area (Å²) in [4.78, 5) is 16.4. The van der Waals surface area contributed by atoms with Gasteiger partial charge in [-0.05, 0) is 24.8 Å². The maximum Gasteiger partial charge on any atom is 0.227 e. The molecule has 1 aromatic carbocycles. The third kappa shape index (κ3) is 4.39. The number of amides is 1. The Kier molecular flexibility index (Phi) is 6.21. The first-order valence-corrected chi connectivity index (χ1v) is 9.20. The van der Waals surface area contributed by atoms with Gasteiger partial charge in [0.15, 0.2) is 11.6 Å². The van der Waals surface area contributed by atoms with E-state index in [1.165, 1.54) is 12.1 Å². The third-order valence-electron chi connectivity index (χ3n) is 5.59. The van der Waals surface area contributed by atoms with Crippen LogP contribution in [0.5, 0.6) is 0 Å². The van der Waals surface area contributed by atoms with Crippen LogP contribution in [-0.4, -0.2) is 71.4 Å². The first kappa shape index (κ1) is 19.2. The van der Waals surface area contributed by atoms with E-state index in [1.54, 1.807) is 4.90 Å². The highest BCUT2D eigenvalue weighted by Crippen LogP contribution is 2.26. The zero-order valence-corrected chi connectivity index (χ0v) is 14.8. The lowest BCUT2D eigenvalue weighted by Gasteiger charge is -2.32. The standard InChI is InChI=1S/C19H26F2N2O3/c20-17-3-1-2-13(19(17)21)8-18(26)23-10-14(15(11-23)12-24)9-22-6-4-16(25)5-7-22/h1-3,14-16,24-25H,4-12H2/t14-,15-/m1/s1. The van der Waals surface area contributed by atoms with Crippen molar-refractivity contribution < 1.29 is 23.8 Å². The van der Waals surface area contributed by atoms with Gasteiger partial charge >= 0.3 is 0 Å². The maximum atomic E-state index is 13.8. The van der Waals surface area contributed by atoms with Crippen molar-refractivity contribution in [3.63, 3.8) is 0 Å². The van der Waals surface area contributed by atoms with Gasteiger partial charge in [0, 0.05) is 50.8 Å². The number of likely N-dealkylation sites (tertiary alicyclic amines) is 2. The van der Waals surface area contributed by atoms with Gasteiger partial charge in [-0.2, -0.15) is 0 Å². The van der Waals surface area contributed by atoms with Crippen LogP contribution in [0.25, 0.3) is 0 Å². The number of carbonyl (C=O) groups excluding carboxylic acids is 1. The first-order chi connectivity index (χ1) is 12.5. The van der Waals surface area contributed by atoms with Gasteiger partial charge in [-0.1, -0.05) is 12.1 Å². The van der Waals surface area contributed by atoms with Crippen LogP contribution in [0.3, 0.4) is 0 Å². The van der Waals surface area contributed by atoms with Crippen molar-refractivity contribution in [2.45, 2.75) is 25.4 Å². The van der Waals surface area contributed by atoms with Gasteiger partial charge in [-0.25, -0.2) is 8.78 Å². The topological polar surface area (TPSA) is 64.0 Å². The highest BCUT2D eigenvalue weighted by atomic mass is 19.2. The van der Waals surface area contributed by atoms with E-state index in [0.29, 0.717) is 13.1 Å². The molecule has 0 radical (unpaired) electrons. The Bertz CT molecular complexity index is 635. The molecule has 2 heterocycles. The fourth-order valence-electron chi connectivity index (χ4n) is 3.95. The second kappa shape index (κ2) is 8.41. The van der Waals surface area contributed by atoms with E-state index in [9.17, 15) is 23.8 Å². The summed E-state index contributed by atoms with van der Waals surface area (Å²) in [7, 11) is 0. The average Bonchev–Trinajstić information content (AvgIpc) is 3.04. The van der Waals surface area contributed by atoms with Crippen molar-refractivity contribution in [2.24, 2.45) is 11.8 Å². The van der Waals surface area contributed by atoms with Crippen molar-refractivity contribution in [1.29, 1.82) is 0 Å². The lowest BCUT2D eigenvalue weighted by atomic mass is 9.95. The van der Waals surface area contributed by atoms with E-state index in [2.05, 4.69) is 4.90 Å². The molecule has 2 fully saturated rings. The van der Waals surface area contributed by atoms with Crippen molar-refractivity contribution in [3.8, 4) is 0 Å². The number of rotatable bonds is 5. The van der Waals surface area contributed by atoms with E-state index < -0.39 is 11.6 Å². The Balaban J connectivity index is 1.59. The lowest BCUT2D eigenvalue weighted by molar-refractivity contribution is -0.129. The number of aliphatic hydroxyl groups is 2. The predicted octanol–water partition coefficient (Wildman–Crippen LogP) is 1.03. The van der Waals surface area contributed by atoms with Crippen molar-refractivity contribution in [1.82, 2.24) is 9.80 Å². The summed E-state index contributed by atoms with van der Waals surface area (Å²) >= 11 is 0. The van der Waals surface area contributed by atoms with Gasteiger partial charge in [0.05, 0.1) is 12.5 Å². The monoisotopic (exact) mass is 368 g/mol. The Morgan fingerprint density at radius 1 is 1.15 bits per heavy atom. The molecule has 2 aliphatic heterocycles. The molecule has 5 nitrogen and oxygen atoms in total. The Morgan fingerprint density at radius 3 is 2.54 bits per heavy atom. The van der Waals surface area contributed by atoms with Crippen LogP contribution in [0, 0.1) is 23.5 Å². The molecule has 144 valence electrons. The number of piperidine rings is 1. The minimum Gasteiger partial charge on any atom is -0.396 e. The molecular formula is C19H26F2N2O3. The summed E-state index contributed by atoms with van der Waals surface area (Å²) in [6.07, 6.45) is 1.09. The fraction of sp³-hybridized carbons (Fsp3) is 0.632. The van der Waals surface area contributed by atoms with Gasteiger partial charge in [0.25, 0.3) is 0 Å². The zero-order valence-electron chi connectivity index (χ0n) is 14.8. The Morgan fingerprint density at radius 2 is 1.85 bits per heavy atom. The van der Waals surface area contributed by atoms with Crippen molar-refractivity contribution in [3.05, 3.63) is 35.4 Å². The molecule has 1 amide bonds. The Labute approximate surface area is 152 Å². The van der Waals surface area contributed by atoms with Crippen LogP contribution >= 0.6 is 0 Å². The molecule has 26 heavy (non-hydrogen) atoms. The molecule has 2 N–H and O–H groups in total. The normalized spacial score (nSPS) is 25.0. The molecular weight excluding hydrogens is 342 g/mol. The van der Waals surface area contributed by atoms with Gasteiger partial charge in [0.2, 0.25) is 5.91 Å². The molecule has 1 aromatic rings. The summed E-state index contributed by atoms with van der Waals surface area (Å²) in [5.74, 6) is -2.03. The minimum atomic E-state index is -0.970. The predicted molar refractivity (Wildman–Crippen MR) is 92.4 cm³/mol. The first-order valence-electron chi connectivity index (χ1n) is 9.20. The number of benzene rings is 1. The Hall–Kier alpha value is -1.57. The zero-order chi connectivity index (χ0) is 18.7.